The van der Waals surface area contributed by atoms with E-state index in [9.17, 15) is 4.79 Å². The van der Waals surface area contributed by atoms with E-state index < -0.39 is 12.0 Å². The minimum Gasteiger partial charge on any atom is -0.480 e. The van der Waals surface area contributed by atoms with E-state index in [1.165, 1.54) is 12.8 Å². The highest BCUT2D eigenvalue weighted by molar-refractivity contribution is 7.99. The second-order valence-electron chi connectivity index (χ2n) is 3.54. The number of hydrogen-bond donors (Lipinski definition) is 2. The van der Waals surface area contributed by atoms with Gasteiger partial charge in [0.2, 0.25) is 0 Å². The predicted molar refractivity (Wildman–Crippen MR) is 55.2 cm³/mol. The molecule has 0 aromatic carbocycles. The lowest BCUT2D eigenvalue weighted by Gasteiger charge is -2.21. The first-order chi connectivity index (χ1) is 6.15. The molecule has 1 saturated carbocycles. The molecule has 1 aliphatic carbocycles. The van der Waals surface area contributed by atoms with Gasteiger partial charge in [0.15, 0.2) is 0 Å². The van der Waals surface area contributed by atoms with Crippen molar-refractivity contribution in [2.75, 3.05) is 6.26 Å². The maximum absolute atomic E-state index is 10.6. The molecule has 0 aromatic rings. The Morgan fingerprint density at radius 1 is 1.62 bits per heavy atom. The number of thioether (sulfide) groups is 1. The number of rotatable bonds is 4. The molecule has 0 amide bonds. The molecule has 3 atom stereocenters. The molecule has 76 valence electrons. The molecule has 3 unspecified atom stereocenters. The molecule has 0 aromatic heterocycles. The molecule has 0 aliphatic heterocycles. The molecule has 1 fully saturated rings. The van der Waals surface area contributed by atoms with Gasteiger partial charge in [-0.05, 0) is 26.0 Å². The van der Waals surface area contributed by atoms with Gasteiger partial charge in [-0.2, -0.15) is 11.8 Å². The van der Waals surface area contributed by atoms with E-state index in [4.69, 9.17) is 5.11 Å². The molecule has 4 heteroatoms. The van der Waals surface area contributed by atoms with Crippen LogP contribution >= 0.6 is 11.8 Å². The van der Waals surface area contributed by atoms with E-state index in [0.29, 0.717) is 11.3 Å². The summed E-state index contributed by atoms with van der Waals surface area (Å²) in [5.41, 5.74) is 0. The largest absolute Gasteiger partial charge is 0.480 e. The summed E-state index contributed by atoms with van der Waals surface area (Å²) in [6.07, 6.45) is 5.64. The normalized spacial score (nSPS) is 30.3. The number of aliphatic carboxylic acids is 1. The molecule has 0 spiro atoms. The molecule has 0 heterocycles. The van der Waals surface area contributed by atoms with Crippen LogP contribution in [0, 0.1) is 0 Å². The van der Waals surface area contributed by atoms with Crippen LogP contribution < -0.4 is 5.32 Å². The maximum Gasteiger partial charge on any atom is 0.320 e. The van der Waals surface area contributed by atoms with Gasteiger partial charge in [0.1, 0.15) is 6.04 Å². The fourth-order valence-corrected chi connectivity index (χ4v) is 2.74. The Labute approximate surface area is 83.3 Å². The first-order valence-corrected chi connectivity index (χ1v) is 5.95. The van der Waals surface area contributed by atoms with Crippen LogP contribution in [0.5, 0.6) is 0 Å². The van der Waals surface area contributed by atoms with Crippen molar-refractivity contribution in [3.8, 4) is 0 Å². The van der Waals surface area contributed by atoms with Crippen molar-refractivity contribution in [1.82, 2.24) is 5.32 Å². The summed E-state index contributed by atoms with van der Waals surface area (Å²) in [4.78, 5) is 10.6. The van der Waals surface area contributed by atoms with Crippen molar-refractivity contribution in [1.29, 1.82) is 0 Å². The highest BCUT2D eigenvalue weighted by atomic mass is 32.2. The van der Waals surface area contributed by atoms with Crippen LogP contribution in [-0.2, 0) is 4.79 Å². The van der Waals surface area contributed by atoms with Gasteiger partial charge in [-0.1, -0.05) is 6.42 Å². The van der Waals surface area contributed by atoms with Gasteiger partial charge in [0, 0.05) is 11.3 Å². The SMILES string of the molecule is CSC1CCCC1NC(C)C(=O)O. The van der Waals surface area contributed by atoms with Gasteiger partial charge < -0.3 is 10.4 Å². The van der Waals surface area contributed by atoms with Crippen molar-refractivity contribution >= 4 is 17.7 Å². The zero-order chi connectivity index (χ0) is 9.84. The van der Waals surface area contributed by atoms with E-state index in [2.05, 4.69) is 11.6 Å². The fraction of sp³-hybridized carbons (Fsp3) is 0.889. The molecule has 1 aliphatic rings. The third-order valence-electron chi connectivity index (χ3n) is 2.59. The minimum atomic E-state index is -0.758. The van der Waals surface area contributed by atoms with Crippen LogP contribution in [0.4, 0.5) is 0 Å². The van der Waals surface area contributed by atoms with Crippen molar-refractivity contribution in [2.24, 2.45) is 0 Å². The molecule has 1 rings (SSSR count). The van der Waals surface area contributed by atoms with Gasteiger partial charge >= 0.3 is 5.97 Å². The quantitative estimate of drug-likeness (QED) is 0.724. The van der Waals surface area contributed by atoms with E-state index in [1.54, 1.807) is 6.92 Å². The molecule has 13 heavy (non-hydrogen) atoms. The summed E-state index contributed by atoms with van der Waals surface area (Å²) >= 11 is 1.84. The maximum atomic E-state index is 10.6. The summed E-state index contributed by atoms with van der Waals surface area (Å²) in [7, 11) is 0. The summed E-state index contributed by atoms with van der Waals surface area (Å²) in [5, 5.41) is 12.5. The third-order valence-corrected chi connectivity index (χ3v) is 3.76. The molecular formula is C9H17NO2S. The van der Waals surface area contributed by atoms with Crippen molar-refractivity contribution < 1.29 is 9.90 Å². The third kappa shape index (κ3) is 2.88. The van der Waals surface area contributed by atoms with E-state index in [1.807, 2.05) is 11.8 Å². The highest BCUT2D eigenvalue weighted by Crippen LogP contribution is 2.28. The Bertz CT molecular complexity index is 186. The lowest BCUT2D eigenvalue weighted by molar-refractivity contribution is -0.139. The predicted octanol–water partition coefficient (Wildman–Crippen LogP) is 1.33. The highest BCUT2D eigenvalue weighted by Gasteiger charge is 2.28. The zero-order valence-corrected chi connectivity index (χ0v) is 8.93. The van der Waals surface area contributed by atoms with Crippen LogP contribution in [0.2, 0.25) is 0 Å². The van der Waals surface area contributed by atoms with Crippen molar-refractivity contribution in [3.05, 3.63) is 0 Å². The zero-order valence-electron chi connectivity index (χ0n) is 8.12. The van der Waals surface area contributed by atoms with E-state index in [-0.39, 0.29) is 0 Å². The molecule has 3 nitrogen and oxygen atoms in total. The summed E-state index contributed by atoms with van der Waals surface area (Å²) in [6.45, 7) is 1.71. The Balaban J connectivity index is 2.39. The van der Waals surface area contributed by atoms with Gasteiger partial charge in [0.05, 0.1) is 0 Å². The number of hydrogen-bond acceptors (Lipinski definition) is 3. The Morgan fingerprint density at radius 3 is 2.85 bits per heavy atom. The summed E-state index contributed by atoms with van der Waals surface area (Å²) in [5.74, 6) is -0.758. The first kappa shape index (κ1) is 10.9. The lowest BCUT2D eigenvalue weighted by Crippen LogP contribution is -2.44. The average molecular weight is 203 g/mol. The lowest BCUT2D eigenvalue weighted by atomic mass is 10.2. The molecule has 0 radical (unpaired) electrons. The number of nitrogens with one attached hydrogen (secondary N) is 1. The number of carboxylic acids is 1. The summed E-state index contributed by atoms with van der Waals surface area (Å²) < 4.78 is 0. The summed E-state index contributed by atoms with van der Waals surface area (Å²) in [6, 6.07) is -0.0288. The van der Waals surface area contributed by atoms with Gasteiger partial charge in [0.25, 0.3) is 0 Å². The van der Waals surface area contributed by atoms with Crippen LogP contribution in [0.15, 0.2) is 0 Å². The van der Waals surface area contributed by atoms with Gasteiger partial charge in [-0.15, -0.1) is 0 Å². The fourth-order valence-electron chi connectivity index (χ4n) is 1.79. The van der Waals surface area contributed by atoms with Gasteiger partial charge in [-0.25, -0.2) is 0 Å². The van der Waals surface area contributed by atoms with Crippen molar-refractivity contribution in [2.45, 2.75) is 43.5 Å². The van der Waals surface area contributed by atoms with E-state index >= 15 is 0 Å². The van der Waals surface area contributed by atoms with Gasteiger partial charge in [-0.3, -0.25) is 4.79 Å². The average Bonchev–Trinajstić information content (AvgIpc) is 2.51. The monoisotopic (exact) mass is 203 g/mol. The molecule has 2 N–H and O–H groups in total. The van der Waals surface area contributed by atoms with Crippen LogP contribution in [0.1, 0.15) is 26.2 Å². The standard InChI is InChI=1S/C9H17NO2S/c1-6(9(11)12)10-7-4-3-5-8(7)13-2/h6-8,10H,3-5H2,1-2H3,(H,11,12). The minimum absolute atomic E-state index is 0.390. The Hall–Kier alpha value is -0.220. The Kier molecular flexibility index (Phi) is 4.06. The molecular weight excluding hydrogens is 186 g/mol. The smallest absolute Gasteiger partial charge is 0.320 e. The van der Waals surface area contributed by atoms with Crippen LogP contribution in [-0.4, -0.2) is 34.7 Å². The van der Waals surface area contributed by atoms with Crippen molar-refractivity contribution in [3.63, 3.8) is 0 Å². The second-order valence-corrected chi connectivity index (χ2v) is 4.62. The first-order valence-electron chi connectivity index (χ1n) is 4.66. The Morgan fingerprint density at radius 2 is 2.31 bits per heavy atom. The molecule has 0 bridgehead atoms. The number of carbonyl (C=O) groups is 1. The van der Waals surface area contributed by atoms with Crippen LogP contribution in [0.3, 0.4) is 0 Å². The second kappa shape index (κ2) is 4.86. The molecule has 0 saturated heterocycles. The topological polar surface area (TPSA) is 49.3 Å². The van der Waals surface area contributed by atoms with E-state index in [0.717, 1.165) is 6.42 Å². The number of carboxylic acid groups (broad SMARTS) is 1. The van der Waals surface area contributed by atoms with Crippen LogP contribution in [0.25, 0.3) is 0 Å².